The zero-order chi connectivity index (χ0) is 19.1. The molecule has 26 heavy (non-hydrogen) atoms. The van der Waals surface area contributed by atoms with E-state index in [4.69, 9.17) is 0 Å². The molecule has 0 aromatic heterocycles. The summed E-state index contributed by atoms with van der Waals surface area (Å²) in [5.74, 6) is -2.74. The molecule has 0 aliphatic carbocycles. The molecule has 2 aromatic carbocycles. The van der Waals surface area contributed by atoms with Crippen LogP contribution in [0.25, 0.3) is 0 Å². The molecule has 0 radical (unpaired) electrons. The van der Waals surface area contributed by atoms with Crippen molar-refractivity contribution in [1.82, 2.24) is 10.6 Å². The topological polar surface area (TPSA) is 70.2 Å². The summed E-state index contributed by atoms with van der Waals surface area (Å²) in [6.45, 7) is 1.21. The highest BCUT2D eigenvalue weighted by Gasteiger charge is 2.13. The van der Waals surface area contributed by atoms with E-state index in [1.54, 1.807) is 6.92 Å². The molecule has 0 bridgehead atoms. The summed E-state index contributed by atoms with van der Waals surface area (Å²) in [4.78, 5) is 23.5. The van der Waals surface area contributed by atoms with Crippen LogP contribution in [0.4, 0.5) is 18.9 Å². The molecule has 2 amide bonds. The number of hydrogen-bond acceptors (Lipinski definition) is 3. The first kappa shape index (κ1) is 19.5. The van der Waals surface area contributed by atoms with Gasteiger partial charge in [-0.3, -0.25) is 9.59 Å². The normalized spacial score (nSPS) is 11.7. The second-order valence-corrected chi connectivity index (χ2v) is 5.60. The van der Waals surface area contributed by atoms with E-state index in [1.807, 2.05) is 0 Å². The van der Waals surface area contributed by atoms with Gasteiger partial charge in [-0.15, -0.1) is 0 Å². The number of rotatable bonds is 7. The molecule has 0 unspecified atom stereocenters. The molecule has 2 aromatic rings. The lowest BCUT2D eigenvalue weighted by Crippen LogP contribution is -2.39. The van der Waals surface area contributed by atoms with Gasteiger partial charge in [0.15, 0.2) is 0 Å². The van der Waals surface area contributed by atoms with Crippen molar-refractivity contribution < 1.29 is 22.8 Å². The minimum atomic E-state index is -0.705. The molecule has 0 saturated heterocycles. The predicted octanol–water partition coefficient (Wildman–Crippen LogP) is 2.51. The van der Waals surface area contributed by atoms with E-state index in [9.17, 15) is 22.8 Å². The second kappa shape index (κ2) is 9.00. The van der Waals surface area contributed by atoms with Crippen molar-refractivity contribution in [3.63, 3.8) is 0 Å². The smallest absolute Gasteiger partial charge is 0.243 e. The zero-order valence-electron chi connectivity index (χ0n) is 14.0. The Balaban J connectivity index is 1.74. The fourth-order valence-corrected chi connectivity index (χ4v) is 2.19. The molecule has 138 valence electrons. The molecule has 0 saturated carbocycles. The highest BCUT2D eigenvalue weighted by Crippen LogP contribution is 2.17. The van der Waals surface area contributed by atoms with Gasteiger partial charge < -0.3 is 16.0 Å². The lowest BCUT2D eigenvalue weighted by atomic mass is 10.1. The first-order valence-corrected chi connectivity index (χ1v) is 7.85. The molecular formula is C18H18F3N3O2. The molecule has 5 nitrogen and oxygen atoms in total. The van der Waals surface area contributed by atoms with Gasteiger partial charge in [0, 0.05) is 23.4 Å². The van der Waals surface area contributed by atoms with Crippen LogP contribution in [0.5, 0.6) is 0 Å². The first-order chi connectivity index (χ1) is 12.3. The molecule has 8 heteroatoms. The van der Waals surface area contributed by atoms with Crippen LogP contribution in [-0.2, 0) is 9.59 Å². The standard InChI is InChI=1S/C18H18F3N3O2/c1-11(15-7-4-13(20)8-16(15)21)22-9-17(25)23-10-18(26)24-14-5-2-12(19)3-6-14/h2-8,11,22H,9-10H2,1H3,(H,23,25)(H,24,26)/t11-/m1/s1. The SMILES string of the molecule is C[C@@H](NCC(=O)NCC(=O)Nc1ccc(F)cc1)c1ccc(F)cc1F. The third-order valence-corrected chi connectivity index (χ3v) is 3.57. The Hall–Kier alpha value is -2.87. The largest absolute Gasteiger partial charge is 0.346 e. The van der Waals surface area contributed by atoms with Gasteiger partial charge in [0.1, 0.15) is 17.5 Å². The molecule has 0 aliphatic heterocycles. The van der Waals surface area contributed by atoms with Crippen LogP contribution in [0.2, 0.25) is 0 Å². The third kappa shape index (κ3) is 5.89. The van der Waals surface area contributed by atoms with E-state index in [0.717, 1.165) is 12.1 Å². The van der Waals surface area contributed by atoms with E-state index in [-0.39, 0.29) is 18.7 Å². The second-order valence-electron chi connectivity index (χ2n) is 5.60. The Bertz CT molecular complexity index is 782. The average molecular weight is 365 g/mol. The number of anilines is 1. The highest BCUT2D eigenvalue weighted by molar-refractivity contribution is 5.94. The molecular weight excluding hydrogens is 347 g/mol. The minimum absolute atomic E-state index is 0.151. The van der Waals surface area contributed by atoms with Crippen LogP contribution in [0.3, 0.4) is 0 Å². The monoisotopic (exact) mass is 365 g/mol. The summed E-state index contributed by atoms with van der Waals surface area (Å²) in [5.41, 5.74) is 0.637. The Labute approximate surface area is 148 Å². The third-order valence-electron chi connectivity index (χ3n) is 3.57. The number of benzene rings is 2. The summed E-state index contributed by atoms with van der Waals surface area (Å²) < 4.78 is 39.3. The number of nitrogens with one attached hydrogen (secondary N) is 3. The van der Waals surface area contributed by atoms with Crippen molar-refractivity contribution in [2.45, 2.75) is 13.0 Å². The lowest BCUT2D eigenvalue weighted by molar-refractivity contribution is -0.123. The molecule has 2 rings (SSSR count). The zero-order valence-corrected chi connectivity index (χ0v) is 14.0. The van der Waals surface area contributed by atoms with Crippen molar-refractivity contribution in [2.24, 2.45) is 0 Å². The van der Waals surface area contributed by atoms with Crippen molar-refractivity contribution in [1.29, 1.82) is 0 Å². The maximum absolute atomic E-state index is 13.7. The summed E-state index contributed by atoms with van der Waals surface area (Å²) in [6, 6.07) is 7.89. The number of amides is 2. The van der Waals surface area contributed by atoms with Crippen LogP contribution in [0.15, 0.2) is 42.5 Å². The number of hydrogen-bond donors (Lipinski definition) is 3. The van der Waals surface area contributed by atoms with Crippen molar-refractivity contribution in [3.8, 4) is 0 Å². The van der Waals surface area contributed by atoms with Crippen LogP contribution < -0.4 is 16.0 Å². The Morgan fingerprint density at radius 3 is 2.23 bits per heavy atom. The van der Waals surface area contributed by atoms with Gasteiger partial charge in [-0.2, -0.15) is 0 Å². The molecule has 0 heterocycles. The Morgan fingerprint density at radius 1 is 0.923 bits per heavy atom. The molecule has 3 N–H and O–H groups in total. The van der Waals surface area contributed by atoms with Crippen LogP contribution >= 0.6 is 0 Å². The van der Waals surface area contributed by atoms with E-state index in [0.29, 0.717) is 5.69 Å². The maximum atomic E-state index is 13.7. The average Bonchev–Trinajstić information content (AvgIpc) is 2.60. The number of carbonyl (C=O) groups is 2. The van der Waals surface area contributed by atoms with Crippen molar-refractivity contribution >= 4 is 17.5 Å². The van der Waals surface area contributed by atoms with E-state index in [1.165, 1.54) is 30.3 Å². The van der Waals surface area contributed by atoms with Gasteiger partial charge in [-0.25, -0.2) is 13.2 Å². The first-order valence-electron chi connectivity index (χ1n) is 7.85. The summed E-state index contributed by atoms with van der Waals surface area (Å²) >= 11 is 0. The molecule has 1 atom stereocenters. The van der Waals surface area contributed by atoms with Gasteiger partial charge in [0.25, 0.3) is 0 Å². The van der Waals surface area contributed by atoms with Crippen LogP contribution in [-0.4, -0.2) is 24.9 Å². The van der Waals surface area contributed by atoms with Gasteiger partial charge in [0.05, 0.1) is 13.1 Å². The quantitative estimate of drug-likeness (QED) is 0.706. The Kier molecular flexibility index (Phi) is 6.74. The van der Waals surface area contributed by atoms with Crippen molar-refractivity contribution in [2.75, 3.05) is 18.4 Å². The van der Waals surface area contributed by atoms with Gasteiger partial charge in [0.2, 0.25) is 11.8 Å². The van der Waals surface area contributed by atoms with E-state index >= 15 is 0 Å². The number of halogens is 3. The summed E-state index contributed by atoms with van der Waals surface area (Å²) in [7, 11) is 0. The van der Waals surface area contributed by atoms with Crippen LogP contribution in [0.1, 0.15) is 18.5 Å². The molecule has 0 aliphatic rings. The number of carbonyl (C=O) groups excluding carboxylic acids is 2. The molecule has 0 fully saturated rings. The summed E-state index contributed by atoms with van der Waals surface area (Å²) in [5, 5.41) is 7.70. The lowest BCUT2D eigenvalue weighted by Gasteiger charge is -2.15. The fourth-order valence-electron chi connectivity index (χ4n) is 2.19. The highest BCUT2D eigenvalue weighted by atomic mass is 19.1. The summed E-state index contributed by atoms with van der Waals surface area (Å²) in [6.07, 6.45) is 0. The van der Waals surface area contributed by atoms with Gasteiger partial charge in [-0.05, 0) is 37.3 Å². The van der Waals surface area contributed by atoms with Gasteiger partial charge in [-0.1, -0.05) is 6.07 Å². The van der Waals surface area contributed by atoms with E-state index < -0.39 is 35.3 Å². The van der Waals surface area contributed by atoms with Crippen LogP contribution in [0, 0.1) is 17.5 Å². The van der Waals surface area contributed by atoms with Gasteiger partial charge >= 0.3 is 0 Å². The predicted molar refractivity (Wildman–Crippen MR) is 90.8 cm³/mol. The van der Waals surface area contributed by atoms with E-state index in [2.05, 4.69) is 16.0 Å². The maximum Gasteiger partial charge on any atom is 0.243 e. The fraction of sp³-hybridized carbons (Fsp3) is 0.222. The Morgan fingerprint density at radius 2 is 1.58 bits per heavy atom. The van der Waals surface area contributed by atoms with Crippen molar-refractivity contribution in [3.05, 3.63) is 65.5 Å². The molecule has 0 spiro atoms. The minimum Gasteiger partial charge on any atom is -0.346 e.